The van der Waals surface area contributed by atoms with E-state index in [-0.39, 0.29) is 12.1 Å². The Labute approximate surface area is 145 Å². The molecule has 2 aromatic carbocycles. The van der Waals surface area contributed by atoms with Gasteiger partial charge in [0, 0.05) is 28.5 Å². The van der Waals surface area contributed by atoms with Gasteiger partial charge in [0.25, 0.3) is 0 Å². The van der Waals surface area contributed by atoms with Crippen LogP contribution in [0.4, 0.5) is 4.79 Å². The predicted molar refractivity (Wildman–Crippen MR) is 96.3 cm³/mol. The first-order chi connectivity index (χ1) is 11.6. The van der Waals surface area contributed by atoms with E-state index in [1.807, 2.05) is 36.4 Å². The van der Waals surface area contributed by atoms with Crippen molar-refractivity contribution in [3.63, 3.8) is 0 Å². The van der Waals surface area contributed by atoms with Crippen LogP contribution in [0.1, 0.15) is 35.6 Å². The van der Waals surface area contributed by atoms with Gasteiger partial charge in [-0.05, 0) is 48.1 Å². The van der Waals surface area contributed by atoms with E-state index in [1.54, 1.807) is 6.26 Å². The molecule has 0 radical (unpaired) electrons. The highest BCUT2D eigenvalue weighted by molar-refractivity contribution is 7.84. The fourth-order valence-corrected chi connectivity index (χ4v) is 3.61. The second-order valence-electron chi connectivity index (χ2n) is 6.07. The Morgan fingerprint density at radius 2 is 1.92 bits per heavy atom. The monoisotopic (exact) mass is 342 g/mol. The summed E-state index contributed by atoms with van der Waals surface area (Å²) in [6.07, 6.45) is 4.81. The Kier molecular flexibility index (Phi) is 5.30. The van der Waals surface area contributed by atoms with Gasteiger partial charge in [-0.2, -0.15) is 0 Å². The number of fused-ring (bicyclic) bond motifs is 1. The molecule has 0 saturated carbocycles. The van der Waals surface area contributed by atoms with Crippen molar-refractivity contribution in [2.45, 2.75) is 36.7 Å². The van der Waals surface area contributed by atoms with Crippen molar-refractivity contribution >= 4 is 16.8 Å². The Balaban J connectivity index is 1.56. The lowest BCUT2D eigenvalue weighted by atomic mass is 9.88. The Bertz CT molecular complexity index is 743. The number of benzene rings is 2. The maximum atomic E-state index is 12.2. The molecule has 0 fully saturated rings. The van der Waals surface area contributed by atoms with Crippen LogP contribution in [0.2, 0.25) is 0 Å². The van der Waals surface area contributed by atoms with Crippen molar-refractivity contribution in [2.75, 3.05) is 6.26 Å². The van der Waals surface area contributed by atoms with Gasteiger partial charge < -0.3 is 10.6 Å². The lowest BCUT2D eigenvalue weighted by Gasteiger charge is -2.26. The number of urea groups is 1. The number of rotatable bonds is 4. The van der Waals surface area contributed by atoms with Gasteiger partial charge in [0.15, 0.2) is 0 Å². The van der Waals surface area contributed by atoms with Gasteiger partial charge in [0.1, 0.15) is 0 Å². The van der Waals surface area contributed by atoms with Crippen LogP contribution in [0.3, 0.4) is 0 Å². The van der Waals surface area contributed by atoms with E-state index in [0.29, 0.717) is 6.54 Å². The first kappa shape index (κ1) is 16.7. The second-order valence-corrected chi connectivity index (χ2v) is 7.45. The van der Waals surface area contributed by atoms with E-state index in [1.165, 1.54) is 11.1 Å². The molecular formula is C19H22N2O2S. The summed E-state index contributed by atoms with van der Waals surface area (Å²) < 4.78 is 11.4. The molecule has 0 unspecified atom stereocenters. The van der Waals surface area contributed by atoms with Gasteiger partial charge >= 0.3 is 6.03 Å². The average molecular weight is 342 g/mol. The lowest BCUT2D eigenvalue weighted by molar-refractivity contribution is 0.235. The zero-order chi connectivity index (χ0) is 16.9. The highest BCUT2D eigenvalue weighted by Gasteiger charge is 2.21. The van der Waals surface area contributed by atoms with Crippen LogP contribution in [0.25, 0.3) is 0 Å². The standard InChI is InChI=1S/C19H22N2O2S/c1-24(23)16-11-9-14(10-12-16)13-20-19(22)21-18-8-4-6-15-5-2-3-7-17(15)18/h2-3,5,7,9-12,18H,4,6,8,13H2,1H3,(H2,20,21,22)/t18-,24+/m0/s1. The SMILES string of the molecule is C[S@@](=O)c1ccc(CNC(=O)N[C@H]2CCCc3ccccc32)cc1. The van der Waals surface area contributed by atoms with Crippen LogP contribution >= 0.6 is 0 Å². The molecule has 126 valence electrons. The fourth-order valence-electron chi connectivity index (χ4n) is 3.09. The Hall–Kier alpha value is -2.14. The number of hydrogen-bond acceptors (Lipinski definition) is 2. The highest BCUT2D eigenvalue weighted by Crippen LogP contribution is 2.29. The molecule has 0 aliphatic heterocycles. The van der Waals surface area contributed by atoms with E-state index >= 15 is 0 Å². The maximum Gasteiger partial charge on any atom is 0.315 e. The molecule has 2 atom stereocenters. The molecular weight excluding hydrogens is 320 g/mol. The molecule has 3 rings (SSSR count). The Morgan fingerprint density at radius 3 is 2.67 bits per heavy atom. The highest BCUT2D eigenvalue weighted by atomic mass is 32.2. The minimum Gasteiger partial charge on any atom is -0.334 e. The molecule has 24 heavy (non-hydrogen) atoms. The molecule has 4 nitrogen and oxygen atoms in total. The summed E-state index contributed by atoms with van der Waals surface area (Å²) in [5, 5.41) is 5.98. The minimum atomic E-state index is -0.976. The van der Waals surface area contributed by atoms with Crippen LogP contribution in [-0.2, 0) is 23.8 Å². The first-order valence-corrected chi connectivity index (χ1v) is 9.74. The number of carbonyl (C=O) groups is 1. The lowest BCUT2D eigenvalue weighted by Crippen LogP contribution is -2.38. The van der Waals surface area contributed by atoms with E-state index in [2.05, 4.69) is 22.8 Å². The van der Waals surface area contributed by atoms with Gasteiger partial charge in [0.2, 0.25) is 0 Å². The van der Waals surface area contributed by atoms with Crippen LogP contribution in [-0.4, -0.2) is 16.5 Å². The number of nitrogens with one attached hydrogen (secondary N) is 2. The molecule has 0 heterocycles. The molecule has 0 saturated heterocycles. The molecule has 0 spiro atoms. The van der Waals surface area contributed by atoms with Crippen LogP contribution in [0, 0.1) is 0 Å². The summed E-state index contributed by atoms with van der Waals surface area (Å²) in [6.45, 7) is 0.455. The number of aryl methyl sites for hydroxylation is 1. The summed E-state index contributed by atoms with van der Waals surface area (Å²) >= 11 is 0. The minimum absolute atomic E-state index is 0.0832. The molecule has 1 aliphatic rings. The van der Waals surface area contributed by atoms with Crippen molar-refractivity contribution in [1.29, 1.82) is 0 Å². The van der Waals surface area contributed by atoms with Crippen molar-refractivity contribution in [1.82, 2.24) is 10.6 Å². The summed E-state index contributed by atoms with van der Waals surface area (Å²) in [7, 11) is -0.976. The van der Waals surface area contributed by atoms with Gasteiger partial charge in [-0.1, -0.05) is 36.4 Å². The third kappa shape index (κ3) is 4.03. The van der Waals surface area contributed by atoms with Crippen molar-refractivity contribution in [3.8, 4) is 0 Å². The quantitative estimate of drug-likeness (QED) is 0.896. The van der Waals surface area contributed by atoms with Crippen molar-refractivity contribution in [3.05, 3.63) is 65.2 Å². The second kappa shape index (κ2) is 7.62. The molecule has 1 aliphatic carbocycles. The maximum absolute atomic E-state index is 12.2. The van der Waals surface area contributed by atoms with E-state index < -0.39 is 10.8 Å². The van der Waals surface area contributed by atoms with E-state index in [9.17, 15) is 9.00 Å². The fraction of sp³-hybridized carbons (Fsp3) is 0.316. The molecule has 0 bridgehead atoms. The van der Waals surface area contributed by atoms with Gasteiger partial charge in [-0.25, -0.2) is 4.79 Å². The number of carbonyl (C=O) groups excluding carboxylic acids is 1. The largest absolute Gasteiger partial charge is 0.334 e. The Morgan fingerprint density at radius 1 is 1.17 bits per heavy atom. The third-order valence-corrected chi connectivity index (χ3v) is 5.32. The molecule has 0 aromatic heterocycles. The van der Waals surface area contributed by atoms with Crippen LogP contribution < -0.4 is 10.6 Å². The van der Waals surface area contributed by atoms with Gasteiger partial charge in [-0.15, -0.1) is 0 Å². The van der Waals surface area contributed by atoms with E-state index in [0.717, 1.165) is 29.7 Å². The zero-order valence-electron chi connectivity index (χ0n) is 13.7. The van der Waals surface area contributed by atoms with E-state index in [4.69, 9.17) is 0 Å². The van der Waals surface area contributed by atoms with Crippen LogP contribution in [0.5, 0.6) is 0 Å². The van der Waals surface area contributed by atoms with Crippen LogP contribution in [0.15, 0.2) is 53.4 Å². The summed E-state index contributed by atoms with van der Waals surface area (Å²) in [4.78, 5) is 13.0. The summed E-state index contributed by atoms with van der Waals surface area (Å²) in [6, 6.07) is 15.7. The zero-order valence-corrected chi connectivity index (χ0v) is 14.6. The molecule has 2 amide bonds. The smallest absolute Gasteiger partial charge is 0.315 e. The van der Waals surface area contributed by atoms with Gasteiger partial charge in [0.05, 0.1) is 6.04 Å². The third-order valence-electron chi connectivity index (χ3n) is 4.38. The first-order valence-electron chi connectivity index (χ1n) is 8.18. The average Bonchev–Trinajstić information content (AvgIpc) is 2.61. The number of amides is 2. The molecule has 2 aromatic rings. The summed E-state index contributed by atoms with van der Waals surface area (Å²) in [5.74, 6) is 0. The predicted octanol–water partition coefficient (Wildman–Crippen LogP) is 3.30. The molecule has 2 N–H and O–H groups in total. The normalized spacial score (nSPS) is 17.6. The number of hydrogen-bond donors (Lipinski definition) is 2. The van der Waals surface area contributed by atoms with Crippen molar-refractivity contribution in [2.24, 2.45) is 0 Å². The van der Waals surface area contributed by atoms with Crippen molar-refractivity contribution < 1.29 is 9.00 Å². The summed E-state index contributed by atoms with van der Waals surface area (Å²) in [5.41, 5.74) is 3.55. The topological polar surface area (TPSA) is 58.2 Å². The molecule has 5 heteroatoms. The van der Waals surface area contributed by atoms with Gasteiger partial charge in [-0.3, -0.25) is 4.21 Å².